The van der Waals surface area contributed by atoms with Crippen molar-refractivity contribution in [1.29, 1.82) is 0 Å². The van der Waals surface area contributed by atoms with Gasteiger partial charge in [-0.15, -0.1) is 0 Å². The number of hydrogen-bond donors (Lipinski definition) is 1. The highest BCUT2D eigenvalue weighted by atomic mass is 16.5. The minimum absolute atomic E-state index is 0.0215. The Hall–Kier alpha value is -1.18. The molecule has 0 radical (unpaired) electrons. The van der Waals surface area contributed by atoms with Crippen LogP contribution in [0.2, 0.25) is 0 Å². The fraction of sp³-hybridized carbons (Fsp3) is 0.867. The number of likely N-dealkylation sites (N-methyl/N-ethyl adjacent to an activating group) is 1. The molecular formula is C15H27N3O4. The van der Waals surface area contributed by atoms with Crippen molar-refractivity contribution in [2.75, 3.05) is 59.6 Å². The van der Waals surface area contributed by atoms with E-state index in [-0.39, 0.29) is 11.8 Å². The van der Waals surface area contributed by atoms with Crippen molar-refractivity contribution in [3.63, 3.8) is 0 Å². The van der Waals surface area contributed by atoms with Gasteiger partial charge in [-0.05, 0) is 6.42 Å². The first-order valence-electron chi connectivity index (χ1n) is 8.01. The SMILES string of the molecule is CCCC(=O)N1CCOC2(COCCN(CC(=O)NC)C2)C1. The van der Waals surface area contributed by atoms with Crippen LogP contribution in [0.25, 0.3) is 0 Å². The lowest BCUT2D eigenvalue weighted by molar-refractivity contribution is -0.162. The summed E-state index contributed by atoms with van der Waals surface area (Å²) in [6.45, 7) is 6.37. The van der Waals surface area contributed by atoms with E-state index in [9.17, 15) is 9.59 Å². The van der Waals surface area contributed by atoms with Crippen molar-refractivity contribution in [1.82, 2.24) is 15.1 Å². The van der Waals surface area contributed by atoms with Crippen molar-refractivity contribution in [2.45, 2.75) is 25.4 Å². The summed E-state index contributed by atoms with van der Waals surface area (Å²) >= 11 is 0. The Bertz CT molecular complexity index is 404. The molecule has 0 aromatic carbocycles. The average Bonchev–Trinajstić information content (AvgIpc) is 2.69. The normalized spacial score (nSPS) is 26.7. The van der Waals surface area contributed by atoms with Gasteiger partial charge >= 0.3 is 0 Å². The van der Waals surface area contributed by atoms with Crippen LogP contribution in [0.1, 0.15) is 19.8 Å². The maximum absolute atomic E-state index is 12.2. The molecule has 0 aromatic rings. The lowest BCUT2D eigenvalue weighted by Crippen LogP contribution is -2.60. The summed E-state index contributed by atoms with van der Waals surface area (Å²) in [5.74, 6) is 0.152. The van der Waals surface area contributed by atoms with Crippen LogP contribution in [0.3, 0.4) is 0 Å². The second-order valence-electron chi connectivity index (χ2n) is 6.03. The van der Waals surface area contributed by atoms with E-state index in [0.29, 0.717) is 59.0 Å². The molecule has 1 atom stereocenters. The summed E-state index contributed by atoms with van der Waals surface area (Å²) in [7, 11) is 1.63. The lowest BCUT2D eigenvalue weighted by Gasteiger charge is -2.43. The number of rotatable bonds is 4. The monoisotopic (exact) mass is 313 g/mol. The lowest BCUT2D eigenvalue weighted by atomic mass is 10.0. The largest absolute Gasteiger partial charge is 0.377 e. The number of nitrogens with zero attached hydrogens (tertiary/aromatic N) is 2. The van der Waals surface area contributed by atoms with E-state index in [1.165, 1.54) is 0 Å². The predicted molar refractivity (Wildman–Crippen MR) is 81.5 cm³/mol. The Kier molecular flexibility index (Phi) is 6.16. The Morgan fingerprint density at radius 3 is 2.77 bits per heavy atom. The summed E-state index contributed by atoms with van der Waals surface area (Å²) in [5.41, 5.74) is -0.522. The van der Waals surface area contributed by atoms with Crippen LogP contribution in [-0.4, -0.2) is 86.8 Å². The molecule has 2 aliphatic heterocycles. The number of ether oxygens (including phenoxy) is 2. The molecule has 7 nitrogen and oxygen atoms in total. The molecule has 1 spiro atoms. The molecule has 22 heavy (non-hydrogen) atoms. The highest BCUT2D eigenvalue weighted by Crippen LogP contribution is 2.23. The second-order valence-corrected chi connectivity index (χ2v) is 6.03. The smallest absolute Gasteiger partial charge is 0.233 e. The zero-order valence-corrected chi connectivity index (χ0v) is 13.6. The van der Waals surface area contributed by atoms with Gasteiger partial charge in [0.05, 0.1) is 32.9 Å². The zero-order chi connectivity index (χ0) is 16.0. The average molecular weight is 313 g/mol. The maximum Gasteiger partial charge on any atom is 0.233 e. The van der Waals surface area contributed by atoms with Gasteiger partial charge in [0.25, 0.3) is 0 Å². The summed E-state index contributed by atoms with van der Waals surface area (Å²) in [6.07, 6.45) is 1.42. The highest BCUT2D eigenvalue weighted by Gasteiger charge is 2.41. The summed E-state index contributed by atoms with van der Waals surface area (Å²) in [4.78, 5) is 27.7. The minimum atomic E-state index is -0.522. The fourth-order valence-electron chi connectivity index (χ4n) is 3.01. The van der Waals surface area contributed by atoms with Crippen LogP contribution in [-0.2, 0) is 19.1 Å². The van der Waals surface area contributed by atoms with Crippen molar-refractivity contribution < 1.29 is 19.1 Å². The fourth-order valence-corrected chi connectivity index (χ4v) is 3.01. The van der Waals surface area contributed by atoms with Crippen LogP contribution in [0.5, 0.6) is 0 Å². The Morgan fingerprint density at radius 1 is 1.23 bits per heavy atom. The molecule has 1 unspecified atom stereocenters. The zero-order valence-electron chi connectivity index (χ0n) is 13.6. The van der Waals surface area contributed by atoms with Gasteiger partial charge in [-0.2, -0.15) is 0 Å². The van der Waals surface area contributed by atoms with E-state index in [1.54, 1.807) is 7.05 Å². The molecule has 7 heteroatoms. The van der Waals surface area contributed by atoms with Gasteiger partial charge in [0, 0.05) is 33.1 Å². The van der Waals surface area contributed by atoms with Gasteiger partial charge < -0.3 is 19.7 Å². The topological polar surface area (TPSA) is 71.1 Å². The second kappa shape index (κ2) is 7.89. The van der Waals surface area contributed by atoms with Crippen molar-refractivity contribution in [3.05, 3.63) is 0 Å². The molecule has 0 saturated carbocycles. The van der Waals surface area contributed by atoms with Gasteiger partial charge in [0.1, 0.15) is 5.60 Å². The number of nitrogens with one attached hydrogen (secondary N) is 1. The molecule has 0 aromatic heterocycles. The number of carbonyl (C=O) groups excluding carboxylic acids is 2. The molecule has 0 bridgehead atoms. The van der Waals surface area contributed by atoms with E-state index in [4.69, 9.17) is 9.47 Å². The molecule has 0 aliphatic carbocycles. The van der Waals surface area contributed by atoms with E-state index in [0.717, 1.165) is 6.42 Å². The summed E-state index contributed by atoms with van der Waals surface area (Å²) in [6, 6.07) is 0. The third kappa shape index (κ3) is 4.41. The Balaban J connectivity index is 2.02. The molecule has 2 rings (SSSR count). The van der Waals surface area contributed by atoms with Gasteiger partial charge in [0.2, 0.25) is 11.8 Å². The molecule has 2 fully saturated rings. The number of carbonyl (C=O) groups is 2. The summed E-state index contributed by atoms with van der Waals surface area (Å²) in [5, 5.41) is 2.64. The summed E-state index contributed by atoms with van der Waals surface area (Å²) < 4.78 is 11.7. The number of morpholine rings is 1. The highest BCUT2D eigenvalue weighted by molar-refractivity contribution is 5.77. The van der Waals surface area contributed by atoms with Crippen molar-refractivity contribution in [3.8, 4) is 0 Å². The molecule has 1 N–H and O–H groups in total. The standard InChI is InChI=1S/C15H27N3O4/c1-3-4-14(20)18-6-8-22-15(11-18)10-17(5-7-21-12-15)9-13(19)16-2/h3-12H2,1-2H3,(H,16,19). The number of hydrogen-bond acceptors (Lipinski definition) is 5. The van der Waals surface area contributed by atoms with Crippen LogP contribution in [0, 0.1) is 0 Å². The Morgan fingerprint density at radius 2 is 2.05 bits per heavy atom. The van der Waals surface area contributed by atoms with Crippen LogP contribution in [0.4, 0.5) is 0 Å². The van der Waals surface area contributed by atoms with E-state index in [2.05, 4.69) is 5.32 Å². The first kappa shape index (κ1) is 17.2. The molecule has 126 valence electrons. The molecular weight excluding hydrogens is 286 g/mol. The number of amides is 2. The van der Waals surface area contributed by atoms with Crippen molar-refractivity contribution in [2.24, 2.45) is 0 Å². The van der Waals surface area contributed by atoms with Crippen molar-refractivity contribution >= 4 is 11.8 Å². The van der Waals surface area contributed by atoms with E-state index < -0.39 is 5.60 Å². The van der Waals surface area contributed by atoms with Gasteiger partial charge in [-0.3, -0.25) is 14.5 Å². The maximum atomic E-state index is 12.2. The first-order chi connectivity index (χ1) is 10.6. The van der Waals surface area contributed by atoms with Crippen LogP contribution < -0.4 is 5.32 Å². The van der Waals surface area contributed by atoms with Gasteiger partial charge in [-0.25, -0.2) is 0 Å². The van der Waals surface area contributed by atoms with Crippen LogP contribution in [0.15, 0.2) is 0 Å². The van der Waals surface area contributed by atoms with Crippen LogP contribution >= 0.6 is 0 Å². The third-order valence-corrected chi connectivity index (χ3v) is 4.14. The molecule has 2 heterocycles. The first-order valence-corrected chi connectivity index (χ1v) is 8.01. The van der Waals surface area contributed by atoms with E-state index >= 15 is 0 Å². The molecule has 2 amide bonds. The molecule has 2 saturated heterocycles. The predicted octanol–water partition coefficient (Wildman–Crippen LogP) is -0.538. The Labute approximate surface area is 131 Å². The quantitative estimate of drug-likeness (QED) is 0.755. The van der Waals surface area contributed by atoms with Gasteiger partial charge in [0.15, 0.2) is 0 Å². The van der Waals surface area contributed by atoms with Gasteiger partial charge in [-0.1, -0.05) is 6.92 Å². The van der Waals surface area contributed by atoms with E-state index in [1.807, 2.05) is 16.7 Å². The minimum Gasteiger partial charge on any atom is -0.377 e. The molecule has 2 aliphatic rings. The third-order valence-electron chi connectivity index (χ3n) is 4.14.